The maximum atomic E-state index is 12.0. The number of ether oxygens (including phenoxy) is 1. The zero-order chi connectivity index (χ0) is 14.5. The van der Waals surface area contributed by atoms with Gasteiger partial charge >= 0.3 is 0 Å². The van der Waals surface area contributed by atoms with Gasteiger partial charge in [-0.3, -0.25) is 4.79 Å². The molecule has 2 aromatic carbocycles. The highest BCUT2D eigenvalue weighted by atomic mass is 35.5. The van der Waals surface area contributed by atoms with Gasteiger partial charge in [-0.25, -0.2) is 0 Å². The van der Waals surface area contributed by atoms with Crippen LogP contribution in [0.25, 0.3) is 0 Å². The first-order valence-corrected chi connectivity index (χ1v) is 6.38. The number of likely N-dealkylation sites (N-methyl/N-ethyl adjacent to an activating group) is 1. The van der Waals surface area contributed by atoms with Gasteiger partial charge in [-0.15, -0.1) is 0 Å². The molecule has 0 radical (unpaired) electrons. The highest BCUT2D eigenvalue weighted by Crippen LogP contribution is 2.18. The van der Waals surface area contributed by atoms with Crippen LogP contribution in [0.4, 0.5) is 5.69 Å². The number of hydrogen-bond donors (Lipinski definition) is 1. The minimum absolute atomic E-state index is 0.0704. The molecule has 0 aliphatic heterocycles. The molecule has 0 bridgehead atoms. The number of rotatable bonds is 4. The first-order chi connectivity index (χ1) is 9.56. The van der Waals surface area contributed by atoms with E-state index in [2.05, 4.69) is 0 Å². The molecule has 0 saturated carbocycles. The van der Waals surface area contributed by atoms with E-state index in [-0.39, 0.29) is 18.3 Å². The molecule has 1 amide bonds. The van der Waals surface area contributed by atoms with Crippen molar-refractivity contribution in [3.05, 3.63) is 53.6 Å². The van der Waals surface area contributed by atoms with Crippen LogP contribution in [0.2, 0.25) is 5.02 Å². The number of amides is 1. The van der Waals surface area contributed by atoms with Gasteiger partial charge in [-0.05, 0) is 48.5 Å². The van der Waals surface area contributed by atoms with Crippen molar-refractivity contribution < 1.29 is 14.6 Å². The average Bonchev–Trinajstić information content (AvgIpc) is 2.46. The first-order valence-electron chi connectivity index (χ1n) is 6.00. The van der Waals surface area contributed by atoms with E-state index in [9.17, 15) is 9.90 Å². The fraction of sp³-hybridized carbons (Fsp3) is 0.133. The molecular formula is C15H14ClNO3. The third kappa shape index (κ3) is 3.65. The van der Waals surface area contributed by atoms with Crippen LogP contribution in [-0.4, -0.2) is 24.7 Å². The second-order valence-electron chi connectivity index (χ2n) is 4.21. The zero-order valence-corrected chi connectivity index (χ0v) is 11.7. The van der Waals surface area contributed by atoms with Crippen molar-refractivity contribution in [2.24, 2.45) is 0 Å². The lowest BCUT2D eigenvalue weighted by Crippen LogP contribution is -2.31. The van der Waals surface area contributed by atoms with Crippen LogP contribution >= 0.6 is 11.6 Å². The third-order valence-corrected chi connectivity index (χ3v) is 3.04. The number of phenolic OH excluding ortho intramolecular Hbond substituents is 1. The van der Waals surface area contributed by atoms with Gasteiger partial charge in [0, 0.05) is 17.8 Å². The van der Waals surface area contributed by atoms with Crippen molar-refractivity contribution in [3.8, 4) is 11.5 Å². The fourth-order valence-electron chi connectivity index (χ4n) is 1.59. The maximum absolute atomic E-state index is 12.0. The van der Waals surface area contributed by atoms with E-state index in [0.29, 0.717) is 16.5 Å². The standard InChI is InChI=1S/C15H14ClNO3/c1-17(12-4-6-13(18)7-5-12)15(19)10-20-14-8-2-11(16)3-9-14/h2-9,18H,10H2,1H3. The average molecular weight is 292 g/mol. The molecule has 4 nitrogen and oxygen atoms in total. The summed E-state index contributed by atoms with van der Waals surface area (Å²) < 4.78 is 5.39. The van der Waals surface area contributed by atoms with Crippen LogP contribution in [0.15, 0.2) is 48.5 Å². The number of aromatic hydroxyl groups is 1. The highest BCUT2D eigenvalue weighted by Gasteiger charge is 2.11. The largest absolute Gasteiger partial charge is 0.508 e. The molecule has 5 heteroatoms. The Hall–Kier alpha value is -2.20. The Labute approximate surface area is 122 Å². The summed E-state index contributed by atoms with van der Waals surface area (Å²) in [5.74, 6) is 0.555. The third-order valence-electron chi connectivity index (χ3n) is 2.79. The van der Waals surface area contributed by atoms with Crippen molar-refractivity contribution in [1.82, 2.24) is 0 Å². The normalized spacial score (nSPS) is 10.1. The van der Waals surface area contributed by atoms with Crippen molar-refractivity contribution in [2.45, 2.75) is 0 Å². The Morgan fingerprint density at radius 3 is 2.35 bits per heavy atom. The number of anilines is 1. The quantitative estimate of drug-likeness (QED) is 0.942. The predicted molar refractivity (Wildman–Crippen MR) is 78.5 cm³/mol. The zero-order valence-electron chi connectivity index (χ0n) is 10.9. The molecule has 2 aromatic rings. The predicted octanol–water partition coefficient (Wildman–Crippen LogP) is 3.09. The Kier molecular flexibility index (Phi) is 4.48. The maximum Gasteiger partial charge on any atom is 0.264 e. The topological polar surface area (TPSA) is 49.8 Å². The Bertz CT molecular complexity index is 581. The van der Waals surface area contributed by atoms with Crippen molar-refractivity contribution in [2.75, 3.05) is 18.6 Å². The summed E-state index contributed by atoms with van der Waals surface area (Å²) in [7, 11) is 1.65. The van der Waals surface area contributed by atoms with Gasteiger partial charge in [-0.2, -0.15) is 0 Å². The van der Waals surface area contributed by atoms with E-state index >= 15 is 0 Å². The summed E-state index contributed by atoms with van der Waals surface area (Å²) in [6.45, 7) is -0.0704. The minimum Gasteiger partial charge on any atom is -0.508 e. The van der Waals surface area contributed by atoms with Crippen LogP contribution < -0.4 is 9.64 Å². The molecule has 0 spiro atoms. The summed E-state index contributed by atoms with van der Waals surface area (Å²) in [5, 5.41) is 9.83. The van der Waals surface area contributed by atoms with E-state index in [1.165, 1.54) is 17.0 Å². The lowest BCUT2D eigenvalue weighted by atomic mass is 10.3. The molecule has 0 aromatic heterocycles. The molecular weight excluding hydrogens is 278 g/mol. The van der Waals surface area contributed by atoms with Gasteiger partial charge in [0.15, 0.2) is 6.61 Å². The van der Waals surface area contributed by atoms with E-state index in [0.717, 1.165) is 0 Å². The molecule has 0 fully saturated rings. The smallest absolute Gasteiger partial charge is 0.264 e. The molecule has 20 heavy (non-hydrogen) atoms. The van der Waals surface area contributed by atoms with Crippen molar-refractivity contribution in [3.63, 3.8) is 0 Å². The van der Waals surface area contributed by atoms with E-state index in [4.69, 9.17) is 16.3 Å². The van der Waals surface area contributed by atoms with E-state index in [1.807, 2.05) is 0 Å². The van der Waals surface area contributed by atoms with Gasteiger partial charge in [-0.1, -0.05) is 11.6 Å². The Morgan fingerprint density at radius 1 is 1.15 bits per heavy atom. The molecule has 0 heterocycles. The number of hydrogen-bond acceptors (Lipinski definition) is 3. The summed E-state index contributed by atoms with van der Waals surface area (Å²) in [6, 6.07) is 13.2. The summed E-state index contributed by atoms with van der Waals surface area (Å²) in [6.07, 6.45) is 0. The number of phenols is 1. The molecule has 0 saturated heterocycles. The molecule has 2 rings (SSSR count). The second kappa shape index (κ2) is 6.30. The van der Waals surface area contributed by atoms with Crippen molar-refractivity contribution >= 4 is 23.2 Å². The van der Waals surface area contributed by atoms with Gasteiger partial charge in [0.25, 0.3) is 5.91 Å². The van der Waals surface area contributed by atoms with E-state index in [1.54, 1.807) is 43.4 Å². The highest BCUT2D eigenvalue weighted by molar-refractivity contribution is 6.30. The molecule has 0 unspecified atom stereocenters. The fourth-order valence-corrected chi connectivity index (χ4v) is 1.72. The van der Waals surface area contributed by atoms with Gasteiger partial charge in [0.2, 0.25) is 0 Å². The van der Waals surface area contributed by atoms with Crippen LogP contribution in [0.3, 0.4) is 0 Å². The Morgan fingerprint density at radius 2 is 1.75 bits per heavy atom. The monoisotopic (exact) mass is 291 g/mol. The number of nitrogens with zero attached hydrogens (tertiary/aromatic N) is 1. The number of benzene rings is 2. The number of carbonyl (C=O) groups is 1. The van der Waals surface area contributed by atoms with Gasteiger partial charge in [0.05, 0.1) is 0 Å². The van der Waals surface area contributed by atoms with E-state index < -0.39 is 0 Å². The summed E-state index contributed by atoms with van der Waals surface area (Å²) >= 11 is 5.77. The molecule has 0 aliphatic rings. The summed E-state index contributed by atoms with van der Waals surface area (Å²) in [4.78, 5) is 13.4. The van der Waals surface area contributed by atoms with Gasteiger partial charge in [0.1, 0.15) is 11.5 Å². The molecule has 1 N–H and O–H groups in total. The van der Waals surface area contributed by atoms with Crippen molar-refractivity contribution in [1.29, 1.82) is 0 Å². The second-order valence-corrected chi connectivity index (χ2v) is 4.65. The van der Waals surface area contributed by atoms with Crippen LogP contribution in [0.1, 0.15) is 0 Å². The summed E-state index contributed by atoms with van der Waals surface area (Å²) in [5.41, 5.74) is 0.688. The minimum atomic E-state index is -0.189. The van der Waals surface area contributed by atoms with Crippen LogP contribution in [0, 0.1) is 0 Å². The molecule has 104 valence electrons. The Balaban J connectivity index is 1.94. The van der Waals surface area contributed by atoms with Gasteiger partial charge < -0.3 is 14.7 Å². The number of halogens is 1. The molecule has 0 atom stereocenters. The van der Waals surface area contributed by atoms with Crippen LogP contribution in [0.5, 0.6) is 11.5 Å². The van der Waals surface area contributed by atoms with Crippen LogP contribution in [-0.2, 0) is 4.79 Å². The SMILES string of the molecule is CN(C(=O)COc1ccc(Cl)cc1)c1ccc(O)cc1. The molecule has 0 aliphatic carbocycles. The lowest BCUT2D eigenvalue weighted by molar-refractivity contribution is -0.120. The lowest BCUT2D eigenvalue weighted by Gasteiger charge is -2.17. The number of carbonyl (C=O) groups excluding carboxylic acids is 1. The first kappa shape index (κ1) is 14.2.